The Morgan fingerprint density at radius 2 is 2.12 bits per heavy atom. The molecule has 0 aliphatic carbocycles. The Morgan fingerprint density at radius 3 is 2.94 bits per heavy atom. The number of hydrogen-bond acceptors (Lipinski definition) is 2. The first kappa shape index (κ1) is 10.8. The van der Waals surface area contributed by atoms with Crippen molar-refractivity contribution in [1.82, 2.24) is 0 Å². The number of anilines is 1. The van der Waals surface area contributed by atoms with Crippen LogP contribution in [0.1, 0.15) is 11.1 Å². The Labute approximate surface area is 107 Å². The van der Waals surface area contributed by atoms with Crippen molar-refractivity contribution in [2.75, 3.05) is 5.32 Å². The van der Waals surface area contributed by atoms with Gasteiger partial charge in [-0.15, -0.1) is 0 Å². The number of ether oxygens (including phenoxy) is 1. The van der Waals surface area contributed by atoms with Crippen LogP contribution in [0.3, 0.4) is 0 Å². The van der Waals surface area contributed by atoms with Gasteiger partial charge in [0.25, 0.3) is 0 Å². The molecule has 1 aromatic rings. The molecular weight excluding hydrogens is 329 g/mol. The second kappa shape index (κ2) is 4.52. The number of alkyl halides is 1. The molecule has 0 aromatic heterocycles. The first-order valence-corrected chi connectivity index (χ1v) is 9.36. The molecular formula is C13H12INO2. The van der Waals surface area contributed by atoms with Crippen molar-refractivity contribution in [2.45, 2.75) is 11.0 Å². The molecule has 1 aromatic carbocycles. The van der Waals surface area contributed by atoms with E-state index in [2.05, 4.69) is 37.8 Å². The monoisotopic (exact) mass is 341 g/mol. The van der Waals surface area contributed by atoms with Gasteiger partial charge in [0.1, 0.15) is 0 Å². The summed E-state index contributed by atoms with van der Waals surface area (Å²) >= 11 is -1.02. The van der Waals surface area contributed by atoms with Crippen LogP contribution < -0.4 is 5.32 Å². The van der Waals surface area contributed by atoms with Crippen molar-refractivity contribution in [3.63, 3.8) is 0 Å². The summed E-state index contributed by atoms with van der Waals surface area (Å²) in [6.45, 7) is 0.384. The zero-order chi connectivity index (χ0) is 11.7. The van der Waals surface area contributed by atoms with Crippen LogP contribution in [0.5, 0.6) is 0 Å². The van der Waals surface area contributed by atoms with Gasteiger partial charge in [-0.3, -0.25) is 0 Å². The fourth-order valence-electron chi connectivity index (χ4n) is 1.84. The van der Waals surface area contributed by atoms with Crippen LogP contribution in [0, 0.1) is 0 Å². The fourth-order valence-corrected chi connectivity index (χ4v) is 5.63. The predicted octanol–water partition coefficient (Wildman–Crippen LogP) is 3.80. The summed E-state index contributed by atoms with van der Waals surface area (Å²) in [5.74, 6) is 0. The normalized spacial score (nSPS) is 18.8. The number of carbonyl (C=O) groups excluding carboxylic acids is 1. The number of amides is 1. The molecule has 0 saturated carbocycles. The molecule has 1 N–H and O–H groups in total. The van der Waals surface area contributed by atoms with Gasteiger partial charge in [0.2, 0.25) is 0 Å². The second-order valence-electron chi connectivity index (χ2n) is 3.90. The van der Waals surface area contributed by atoms with E-state index in [9.17, 15) is 4.79 Å². The molecule has 88 valence electrons. The first-order valence-electron chi connectivity index (χ1n) is 5.35. The molecule has 2 aliphatic rings. The fraction of sp³-hybridized carbons (Fsp3) is 0.154. The number of hydrogen-bond donors (Lipinski definition) is 1. The van der Waals surface area contributed by atoms with E-state index in [0.29, 0.717) is 6.61 Å². The van der Waals surface area contributed by atoms with Crippen LogP contribution >= 0.6 is 19.8 Å². The zero-order valence-electron chi connectivity index (χ0n) is 9.15. The van der Waals surface area contributed by atoms with E-state index in [1.54, 1.807) is 0 Å². The van der Waals surface area contributed by atoms with Crippen LogP contribution in [-0.2, 0) is 15.8 Å². The van der Waals surface area contributed by atoms with Crippen LogP contribution in [0.2, 0.25) is 0 Å². The van der Waals surface area contributed by atoms with Crippen LogP contribution in [0.25, 0.3) is 0 Å². The van der Waals surface area contributed by atoms with E-state index < -0.39 is 19.8 Å². The number of benzene rings is 1. The van der Waals surface area contributed by atoms with Gasteiger partial charge < -0.3 is 0 Å². The van der Waals surface area contributed by atoms with E-state index >= 15 is 0 Å². The van der Waals surface area contributed by atoms with Crippen LogP contribution in [-0.4, -0.2) is 6.09 Å². The molecule has 2 aliphatic heterocycles. The summed E-state index contributed by atoms with van der Waals surface area (Å²) < 4.78 is 10.8. The number of halogens is 1. The van der Waals surface area contributed by atoms with Crippen molar-refractivity contribution in [2.24, 2.45) is 0 Å². The number of rotatable bonds is 2. The summed E-state index contributed by atoms with van der Waals surface area (Å²) in [6, 6.07) is 6.22. The molecule has 0 fully saturated rings. The SMILES string of the molecule is O=C1Nc2ccc(CI3C=CC=C3)cc2CO1. The number of nitrogens with one attached hydrogen (secondary N) is 1. The van der Waals surface area contributed by atoms with E-state index in [1.165, 1.54) is 5.56 Å². The molecule has 0 bridgehead atoms. The molecule has 0 saturated heterocycles. The number of cyclic esters (lactones) is 1. The number of allylic oxidation sites excluding steroid dienone is 2. The zero-order valence-corrected chi connectivity index (χ0v) is 11.3. The Balaban J connectivity index is 1.81. The van der Waals surface area contributed by atoms with Crippen molar-refractivity contribution < 1.29 is 9.53 Å². The minimum atomic E-state index is -1.02. The average Bonchev–Trinajstić information content (AvgIpc) is 2.82. The van der Waals surface area contributed by atoms with Crippen molar-refractivity contribution in [3.8, 4) is 0 Å². The first-order chi connectivity index (χ1) is 8.31. The van der Waals surface area contributed by atoms with E-state index in [0.717, 1.165) is 15.7 Å². The molecule has 0 radical (unpaired) electrons. The van der Waals surface area contributed by atoms with Crippen LogP contribution in [0.4, 0.5) is 10.5 Å². The summed E-state index contributed by atoms with van der Waals surface area (Å²) in [5.41, 5.74) is 3.29. The van der Waals surface area contributed by atoms with E-state index in [4.69, 9.17) is 4.74 Å². The second-order valence-corrected chi connectivity index (χ2v) is 8.58. The molecule has 0 atom stereocenters. The van der Waals surface area contributed by atoms with Gasteiger partial charge in [-0.05, 0) is 0 Å². The van der Waals surface area contributed by atoms with Gasteiger partial charge in [-0.2, -0.15) is 0 Å². The molecule has 0 unspecified atom stereocenters. The van der Waals surface area contributed by atoms with E-state index in [-0.39, 0.29) is 6.09 Å². The third-order valence-corrected chi connectivity index (χ3v) is 7.09. The molecule has 4 heteroatoms. The van der Waals surface area contributed by atoms with Gasteiger partial charge in [0.05, 0.1) is 0 Å². The van der Waals surface area contributed by atoms with Gasteiger partial charge in [0.15, 0.2) is 0 Å². The molecule has 1 amide bonds. The quantitative estimate of drug-likeness (QED) is 0.657. The summed E-state index contributed by atoms with van der Waals surface area (Å²) in [5, 5.41) is 2.70. The Hall–Kier alpha value is -1.30. The van der Waals surface area contributed by atoms with Crippen LogP contribution in [0.15, 0.2) is 38.5 Å². The topological polar surface area (TPSA) is 38.3 Å². The summed E-state index contributed by atoms with van der Waals surface area (Å²) in [7, 11) is 0. The maximum atomic E-state index is 11.0. The van der Waals surface area contributed by atoms with Gasteiger partial charge in [0, 0.05) is 0 Å². The maximum absolute atomic E-state index is 11.0. The molecule has 2 heterocycles. The van der Waals surface area contributed by atoms with Crippen molar-refractivity contribution in [3.05, 3.63) is 49.6 Å². The van der Waals surface area contributed by atoms with Gasteiger partial charge in [-0.25, -0.2) is 0 Å². The van der Waals surface area contributed by atoms with Gasteiger partial charge >= 0.3 is 107 Å². The molecule has 17 heavy (non-hydrogen) atoms. The predicted molar refractivity (Wildman–Crippen MR) is 76.3 cm³/mol. The Kier molecular flexibility index (Phi) is 2.88. The molecule has 3 rings (SSSR count). The third-order valence-electron chi connectivity index (χ3n) is 2.65. The average molecular weight is 341 g/mol. The van der Waals surface area contributed by atoms with Crippen molar-refractivity contribution >= 4 is 31.6 Å². The third kappa shape index (κ3) is 2.36. The van der Waals surface area contributed by atoms with Crippen molar-refractivity contribution in [1.29, 1.82) is 0 Å². The minimum absolute atomic E-state index is 0.359. The Bertz CT molecular complexity index is 510. The standard InChI is InChI=1S/C13H12INO2/c16-13-15-12-4-3-10(7-11(12)9-17-13)8-14-5-1-2-6-14/h1-7H,8-9H2,(H,15,16). The van der Waals surface area contributed by atoms with Gasteiger partial charge in [-0.1, -0.05) is 0 Å². The summed E-state index contributed by atoms with van der Waals surface area (Å²) in [6.07, 6.45) is 3.93. The molecule has 3 nitrogen and oxygen atoms in total. The summed E-state index contributed by atoms with van der Waals surface area (Å²) in [4.78, 5) is 11.0. The number of carbonyl (C=O) groups is 1. The Morgan fingerprint density at radius 1 is 1.29 bits per heavy atom. The number of fused-ring (bicyclic) bond motifs is 1. The molecule has 0 spiro atoms. The van der Waals surface area contributed by atoms with E-state index in [1.807, 2.05) is 6.07 Å².